The molecule has 2 nitrogen and oxygen atoms in total. The van der Waals surface area contributed by atoms with Crippen LogP contribution in [0.3, 0.4) is 0 Å². The Morgan fingerprint density at radius 3 is 1.00 bits per heavy atom. The average molecular weight is 1600 g/mol. The van der Waals surface area contributed by atoms with Gasteiger partial charge in [0.2, 0.25) is 0 Å². The van der Waals surface area contributed by atoms with E-state index in [2.05, 4.69) is 509 Å². The van der Waals surface area contributed by atoms with Gasteiger partial charge >= 0.3 is 0 Å². The van der Waals surface area contributed by atoms with Crippen molar-refractivity contribution in [3.8, 4) is 122 Å². The highest BCUT2D eigenvalue weighted by molar-refractivity contribution is 6.03. The first-order valence-electron chi connectivity index (χ1n) is 43.8. The summed E-state index contributed by atoms with van der Waals surface area (Å²) in [7, 11) is 0. The van der Waals surface area contributed by atoms with Gasteiger partial charge in [-0.15, -0.1) is 0 Å². The van der Waals surface area contributed by atoms with Gasteiger partial charge in [0.25, 0.3) is 0 Å². The fourth-order valence-electron chi connectivity index (χ4n) is 20.6. The molecule has 126 heavy (non-hydrogen) atoms. The minimum absolute atomic E-state index is 0.391. The monoisotopic (exact) mass is 1600 g/mol. The first kappa shape index (κ1) is 75.0. The number of anilines is 6. The van der Waals surface area contributed by atoms with Crippen molar-refractivity contribution in [2.24, 2.45) is 0 Å². The topological polar surface area (TPSA) is 6.48 Å². The van der Waals surface area contributed by atoms with Crippen LogP contribution in [0.1, 0.15) is 47.2 Å². The summed E-state index contributed by atoms with van der Waals surface area (Å²) in [6.07, 6.45) is 0. The molecule has 0 saturated heterocycles. The molecule has 23 rings (SSSR count). The Hall–Kier alpha value is -16.0. The van der Waals surface area contributed by atoms with Gasteiger partial charge in [-0.1, -0.05) is 419 Å². The molecule has 0 saturated carbocycles. The maximum atomic E-state index is 2.53. The van der Waals surface area contributed by atoms with Gasteiger partial charge in [-0.25, -0.2) is 0 Å². The van der Waals surface area contributed by atoms with Crippen LogP contribution in [0, 0.1) is 0 Å². The Bertz CT molecular complexity index is 7750. The fraction of sp³-hybridized carbons (Fsp3) is 0.0323. The molecule has 2 aliphatic carbocycles. The Morgan fingerprint density at radius 1 is 0.159 bits per heavy atom. The van der Waals surface area contributed by atoms with Crippen molar-refractivity contribution in [2.45, 2.75) is 24.7 Å². The van der Waals surface area contributed by atoms with Crippen molar-refractivity contribution < 1.29 is 0 Å². The number of benzene rings is 21. The summed E-state index contributed by atoms with van der Waals surface area (Å²) >= 11 is 0. The number of fused-ring (bicyclic) bond motifs is 9. The number of hydrogen-bond acceptors (Lipinski definition) is 2. The van der Waals surface area contributed by atoms with Gasteiger partial charge in [-0.2, -0.15) is 0 Å². The van der Waals surface area contributed by atoms with Crippen LogP contribution in [0.2, 0.25) is 0 Å². The molecule has 0 aromatic heterocycles. The summed E-state index contributed by atoms with van der Waals surface area (Å²) in [5.74, 6) is 0. The molecule has 592 valence electrons. The van der Waals surface area contributed by atoms with Crippen LogP contribution in [-0.2, 0) is 10.8 Å². The van der Waals surface area contributed by atoms with Gasteiger partial charge in [-0.05, 0) is 252 Å². The second kappa shape index (κ2) is 31.2. The average Bonchev–Trinajstić information content (AvgIpc) is 1.55. The minimum atomic E-state index is -0.486. The molecule has 0 spiro atoms. The van der Waals surface area contributed by atoms with E-state index in [1.54, 1.807) is 0 Å². The first-order valence-corrected chi connectivity index (χ1v) is 43.8. The summed E-state index contributed by atoms with van der Waals surface area (Å²) in [6, 6.07) is 180. The number of hydrogen-bond donors (Lipinski definition) is 0. The van der Waals surface area contributed by atoms with Crippen molar-refractivity contribution in [1.82, 2.24) is 0 Å². The van der Waals surface area contributed by atoms with Crippen molar-refractivity contribution in [1.29, 1.82) is 0 Å². The highest BCUT2D eigenvalue weighted by Crippen LogP contribution is 2.60. The highest BCUT2D eigenvalue weighted by Gasteiger charge is 2.45. The maximum Gasteiger partial charge on any atom is 0.0543 e. The molecule has 2 heteroatoms. The Labute approximate surface area is 736 Å². The lowest BCUT2D eigenvalue weighted by Gasteiger charge is -2.32. The van der Waals surface area contributed by atoms with Crippen molar-refractivity contribution >= 4 is 66.4 Å². The predicted molar refractivity (Wildman–Crippen MR) is 532 cm³/mol. The Morgan fingerprint density at radius 2 is 0.476 bits per heavy atom. The lowest BCUT2D eigenvalue weighted by molar-refractivity contribution is 0.714. The number of nitrogens with zero attached hydrogens (tertiary/aromatic N) is 2. The van der Waals surface area contributed by atoms with E-state index in [0.29, 0.717) is 0 Å². The molecular formula is C124H86N2. The summed E-state index contributed by atoms with van der Waals surface area (Å²) in [4.78, 5) is 5.02. The third-order valence-corrected chi connectivity index (χ3v) is 27.1. The van der Waals surface area contributed by atoms with Gasteiger partial charge in [-0.3, -0.25) is 0 Å². The molecule has 0 radical (unpaired) electrons. The van der Waals surface area contributed by atoms with Crippen molar-refractivity contribution in [3.63, 3.8) is 0 Å². The zero-order valence-corrected chi connectivity index (χ0v) is 70.1. The highest BCUT2D eigenvalue weighted by atomic mass is 15.2. The molecular weight excluding hydrogens is 1520 g/mol. The third kappa shape index (κ3) is 13.0. The summed E-state index contributed by atoms with van der Waals surface area (Å²) in [5, 5.41) is 7.48. The SMILES string of the molecule is CC1(c2ccc(-c3ccc(-c4cccc(-c5ccccc5N(c5cccc(-c6ccc(-c7cccc8ccccc78)cc6)c5)c5cccc6c5-c5ccccc5C6(C)c5ccccc5)c4)cc3)cc2)c2ccccc2-c2c(N(c3ccc(-c4ccc(-c5ccc6ccccc6c5)cc4)cc3)c3cccc(-c4ccc(-c5cccc6ccccc56)cc4)c3)cccc21. The van der Waals surface area contributed by atoms with Crippen molar-refractivity contribution in [2.75, 3.05) is 9.80 Å². The minimum Gasteiger partial charge on any atom is -0.310 e. The predicted octanol–water partition coefficient (Wildman–Crippen LogP) is 33.8. The van der Waals surface area contributed by atoms with Crippen LogP contribution in [0.4, 0.5) is 34.1 Å². The van der Waals surface area contributed by atoms with Gasteiger partial charge < -0.3 is 9.80 Å². The summed E-state index contributed by atoms with van der Waals surface area (Å²) < 4.78 is 0. The summed E-state index contributed by atoms with van der Waals surface area (Å²) in [5.41, 5.74) is 39.4. The standard InChI is InChI=1S/C124H86N2/c1-123(102-35-4-3-5-36-102)114-46-15-13-43-113(114)122-117(123)49-24-52-120(122)126(106-38-20-33-99(82-106)90-63-68-95(69-64-90)110-45-22-30-93-27-9-11-40-108(93)110)118-50-17-14-41-111(118)101-34-18-31-97(80-101)88-57-53-84(54-58-88)86-71-75-103(76-72-86)124(2)115-47-16-12-42-112(115)121-116(124)48-23-51-119(121)125(104-77-73-87(74-78-104)85-55-59-91(60-56-85)100-70-65-83-25-6-7-28-96(83)79-100)105-37-19-32-98(81-105)89-61-66-94(67-62-89)109-44-21-29-92-26-8-10-39-107(92)109/h3-82H,1-2H3. The van der Waals surface area contributed by atoms with E-state index in [4.69, 9.17) is 0 Å². The van der Waals surface area contributed by atoms with Crippen LogP contribution < -0.4 is 9.80 Å². The van der Waals surface area contributed by atoms with E-state index in [9.17, 15) is 0 Å². The molecule has 21 aromatic rings. The zero-order valence-electron chi connectivity index (χ0n) is 70.1. The van der Waals surface area contributed by atoms with Crippen LogP contribution in [0.25, 0.3) is 155 Å². The van der Waals surface area contributed by atoms with Gasteiger partial charge in [0.15, 0.2) is 0 Å². The van der Waals surface area contributed by atoms with Gasteiger partial charge in [0, 0.05) is 44.6 Å². The molecule has 21 aromatic carbocycles. The zero-order chi connectivity index (χ0) is 83.8. The third-order valence-electron chi connectivity index (χ3n) is 27.1. The molecule has 2 aliphatic rings. The van der Waals surface area contributed by atoms with E-state index in [1.807, 2.05) is 0 Å². The van der Waals surface area contributed by atoms with Crippen LogP contribution in [0.5, 0.6) is 0 Å². The lowest BCUT2D eigenvalue weighted by atomic mass is 9.74. The number of rotatable bonds is 17. The quantitative estimate of drug-likeness (QED) is 0.0896. The van der Waals surface area contributed by atoms with E-state index in [0.717, 1.165) is 95.3 Å². The second-order valence-electron chi connectivity index (χ2n) is 34.0. The fourth-order valence-corrected chi connectivity index (χ4v) is 20.6. The molecule has 0 fully saturated rings. The van der Waals surface area contributed by atoms with Crippen LogP contribution in [0.15, 0.2) is 485 Å². The first-order chi connectivity index (χ1) is 62.2. The van der Waals surface area contributed by atoms with Crippen LogP contribution in [-0.4, -0.2) is 0 Å². The van der Waals surface area contributed by atoms with Crippen LogP contribution >= 0.6 is 0 Å². The molecule has 2 atom stereocenters. The molecule has 0 heterocycles. The molecule has 0 amide bonds. The molecule has 0 aliphatic heterocycles. The molecule has 0 N–H and O–H groups in total. The maximum absolute atomic E-state index is 2.53. The lowest BCUT2D eigenvalue weighted by Crippen LogP contribution is -2.22. The molecule has 0 bridgehead atoms. The normalized spacial score (nSPS) is 14.2. The molecule has 2 unspecified atom stereocenters. The van der Waals surface area contributed by atoms with Crippen molar-refractivity contribution in [3.05, 3.63) is 519 Å². The summed E-state index contributed by atoms with van der Waals surface area (Å²) in [6.45, 7) is 4.84. The van der Waals surface area contributed by atoms with Gasteiger partial charge in [0.05, 0.1) is 17.1 Å². The second-order valence-corrected chi connectivity index (χ2v) is 34.0. The number of para-hydroxylation sites is 1. The largest absolute Gasteiger partial charge is 0.310 e. The van der Waals surface area contributed by atoms with E-state index >= 15 is 0 Å². The smallest absolute Gasteiger partial charge is 0.0543 e. The van der Waals surface area contributed by atoms with E-state index in [-0.39, 0.29) is 0 Å². The van der Waals surface area contributed by atoms with E-state index in [1.165, 1.54) is 127 Å². The van der Waals surface area contributed by atoms with E-state index < -0.39 is 10.8 Å². The van der Waals surface area contributed by atoms with Gasteiger partial charge in [0.1, 0.15) is 0 Å². The Balaban J connectivity index is 0.571. The Kier molecular flexibility index (Phi) is 18.5.